The van der Waals surface area contributed by atoms with Gasteiger partial charge in [0.1, 0.15) is 5.69 Å². The first-order chi connectivity index (χ1) is 8.58. The molecule has 0 saturated carbocycles. The van der Waals surface area contributed by atoms with Crippen molar-refractivity contribution in [1.29, 1.82) is 0 Å². The maximum absolute atomic E-state index is 11.7. The van der Waals surface area contributed by atoms with Crippen molar-refractivity contribution in [3.05, 3.63) is 40.3 Å². The van der Waals surface area contributed by atoms with Crippen LogP contribution in [-0.2, 0) is 16.1 Å². The highest BCUT2D eigenvalue weighted by molar-refractivity contribution is 5.73. The normalized spacial score (nSPS) is 12.5. The quantitative estimate of drug-likeness (QED) is 0.839. The van der Waals surface area contributed by atoms with E-state index < -0.39 is 12.1 Å². The summed E-state index contributed by atoms with van der Waals surface area (Å²) in [6.45, 7) is 1.27. The van der Waals surface area contributed by atoms with Gasteiger partial charge < -0.3 is 14.8 Å². The molecule has 0 aliphatic carbocycles. The Morgan fingerprint density at radius 3 is 2.94 bits per heavy atom. The number of hydrogen-bond acceptors (Lipinski definition) is 4. The number of aromatic amines is 1. The molecule has 1 aromatic carbocycles. The fourth-order valence-electron chi connectivity index (χ4n) is 1.44. The molecule has 0 spiro atoms. The third-order valence-electron chi connectivity index (χ3n) is 2.49. The molecule has 2 N–H and O–H groups in total. The summed E-state index contributed by atoms with van der Waals surface area (Å²) in [5.41, 5.74) is 1.07. The number of benzene rings is 1. The number of aromatic nitrogens is 2. The largest absolute Gasteiger partial charge is 0.479 e. The van der Waals surface area contributed by atoms with E-state index in [2.05, 4.69) is 9.97 Å². The zero-order valence-corrected chi connectivity index (χ0v) is 9.71. The molecule has 0 aliphatic heterocycles. The van der Waals surface area contributed by atoms with Crippen molar-refractivity contribution < 1.29 is 14.6 Å². The highest BCUT2D eigenvalue weighted by Gasteiger charge is 2.13. The van der Waals surface area contributed by atoms with E-state index in [4.69, 9.17) is 9.84 Å². The molecule has 94 valence electrons. The van der Waals surface area contributed by atoms with Crippen LogP contribution in [0.5, 0.6) is 0 Å². The lowest BCUT2D eigenvalue weighted by Gasteiger charge is -2.07. The van der Waals surface area contributed by atoms with Gasteiger partial charge in [0.05, 0.1) is 17.6 Å². The molecule has 18 heavy (non-hydrogen) atoms. The molecular weight excluding hydrogens is 236 g/mol. The number of carboxylic acid groups (broad SMARTS) is 1. The summed E-state index contributed by atoms with van der Waals surface area (Å²) in [6.07, 6.45) is -0.974. The van der Waals surface area contributed by atoms with Crippen LogP contribution >= 0.6 is 0 Å². The summed E-state index contributed by atoms with van der Waals surface area (Å²) in [5.74, 6) is -1.08. The van der Waals surface area contributed by atoms with Crippen LogP contribution in [0.15, 0.2) is 29.1 Å². The molecule has 0 amide bonds. The second-order valence-corrected chi connectivity index (χ2v) is 3.82. The Bertz CT molecular complexity index is 635. The number of carbonyl (C=O) groups is 1. The second-order valence-electron chi connectivity index (χ2n) is 3.82. The van der Waals surface area contributed by atoms with E-state index in [0.717, 1.165) is 0 Å². The number of nitrogens with zero attached hydrogens (tertiary/aromatic N) is 1. The number of carboxylic acids is 1. The Balaban J connectivity index is 2.26. The zero-order chi connectivity index (χ0) is 13.1. The Kier molecular flexibility index (Phi) is 3.38. The zero-order valence-electron chi connectivity index (χ0n) is 9.71. The summed E-state index contributed by atoms with van der Waals surface area (Å²) in [6, 6.07) is 7.10. The first kappa shape index (κ1) is 12.3. The van der Waals surface area contributed by atoms with Crippen molar-refractivity contribution in [3.8, 4) is 0 Å². The van der Waals surface area contributed by atoms with Gasteiger partial charge in [-0.2, -0.15) is 0 Å². The maximum Gasteiger partial charge on any atom is 0.332 e. The van der Waals surface area contributed by atoms with Gasteiger partial charge in [0, 0.05) is 0 Å². The molecule has 1 aromatic heterocycles. The molecule has 0 unspecified atom stereocenters. The van der Waals surface area contributed by atoms with Crippen molar-refractivity contribution in [2.45, 2.75) is 19.6 Å². The van der Waals surface area contributed by atoms with Gasteiger partial charge in [-0.25, -0.2) is 9.78 Å². The smallest absolute Gasteiger partial charge is 0.332 e. The van der Waals surface area contributed by atoms with E-state index in [0.29, 0.717) is 11.0 Å². The summed E-state index contributed by atoms with van der Waals surface area (Å²) in [7, 11) is 0. The van der Waals surface area contributed by atoms with Crippen molar-refractivity contribution in [3.63, 3.8) is 0 Å². The standard InChI is InChI=1S/C12H12N2O4/c1-7(12(16)17)18-6-10-11(15)14-9-5-3-2-4-8(9)13-10/h2-5,7H,6H2,1H3,(H,14,15)(H,16,17)/t7-/m0/s1. The maximum atomic E-state index is 11.7. The minimum absolute atomic E-state index is 0.131. The first-order valence-electron chi connectivity index (χ1n) is 5.40. The van der Waals surface area contributed by atoms with Gasteiger partial charge in [-0.15, -0.1) is 0 Å². The van der Waals surface area contributed by atoms with Crippen molar-refractivity contribution in [2.24, 2.45) is 0 Å². The topological polar surface area (TPSA) is 92.3 Å². The molecular formula is C12H12N2O4. The molecule has 0 bridgehead atoms. The van der Waals surface area contributed by atoms with E-state index in [1.807, 2.05) is 0 Å². The Morgan fingerprint density at radius 2 is 2.22 bits per heavy atom. The number of H-pyrrole nitrogens is 1. The number of ether oxygens (including phenoxy) is 1. The van der Waals surface area contributed by atoms with Crippen LogP contribution in [0, 0.1) is 0 Å². The first-order valence-corrected chi connectivity index (χ1v) is 5.40. The fraction of sp³-hybridized carbons (Fsp3) is 0.250. The highest BCUT2D eigenvalue weighted by atomic mass is 16.5. The molecule has 0 fully saturated rings. The highest BCUT2D eigenvalue weighted by Crippen LogP contribution is 2.06. The fourth-order valence-corrected chi connectivity index (χ4v) is 1.44. The third-order valence-corrected chi connectivity index (χ3v) is 2.49. The summed E-state index contributed by atoms with van der Waals surface area (Å²) < 4.78 is 5.04. The molecule has 0 saturated heterocycles. The van der Waals surface area contributed by atoms with Gasteiger partial charge in [0.25, 0.3) is 5.56 Å². The number of nitrogens with one attached hydrogen (secondary N) is 1. The number of aliphatic carboxylic acids is 1. The monoisotopic (exact) mass is 248 g/mol. The van der Waals surface area contributed by atoms with Gasteiger partial charge in [-0.1, -0.05) is 12.1 Å². The van der Waals surface area contributed by atoms with Crippen LogP contribution < -0.4 is 5.56 Å². The molecule has 6 heteroatoms. The van der Waals surface area contributed by atoms with Gasteiger partial charge in [0.15, 0.2) is 6.10 Å². The predicted octanol–water partition coefficient (Wildman–Crippen LogP) is 0.913. The van der Waals surface area contributed by atoms with Crippen molar-refractivity contribution in [1.82, 2.24) is 9.97 Å². The molecule has 2 rings (SSSR count). The van der Waals surface area contributed by atoms with Gasteiger partial charge >= 0.3 is 5.97 Å². The van der Waals surface area contributed by atoms with Crippen molar-refractivity contribution >= 4 is 17.0 Å². The molecule has 0 radical (unpaired) electrons. The van der Waals surface area contributed by atoms with Gasteiger partial charge in [-0.05, 0) is 19.1 Å². The average molecular weight is 248 g/mol. The van der Waals surface area contributed by atoms with Crippen LogP contribution in [0.1, 0.15) is 12.6 Å². The molecule has 1 atom stereocenters. The second kappa shape index (κ2) is 4.97. The molecule has 6 nitrogen and oxygen atoms in total. The van der Waals surface area contributed by atoms with E-state index >= 15 is 0 Å². The third kappa shape index (κ3) is 2.54. The van der Waals surface area contributed by atoms with Crippen LogP contribution in [0.25, 0.3) is 11.0 Å². The van der Waals surface area contributed by atoms with E-state index in [9.17, 15) is 9.59 Å². The predicted molar refractivity (Wildman–Crippen MR) is 64.3 cm³/mol. The van der Waals surface area contributed by atoms with Gasteiger partial charge in [-0.3, -0.25) is 4.79 Å². The van der Waals surface area contributed by atoms with E-state index in [1.165, 1.54) is 6.92 Å². The molecule has 1 heterocycles. The number of para-hydroxylation sites is 2. The number of rotatable bonds is 4. The van der Waals surface area contributed by atoms with Crippen LogP contribution in [0.4, 0.5) is 0 Å². The van der Waals surface area contributed by atoms with E-state index in [-0.39, 0.29) is 17.9 Å². The van der Waals surface area contributed by atoms with Crippen LogP contribution in [0.2, 0.25) is 0 Å². The lowest BCUT2D eigenvalue weighted by Crippen LogP contribution is -2.23. The molecule has 0 aliphatic rings. The van der Waals surface area contributed by atoms with Crippen LogP contribution in [0.3, 0.4) is 0 Å². The average Bonchev–Trinajstić information content (AvgIpc) is 2.35. The minimum Gasteiger partial charge on any atom is -0.479 e. The Morgan fingerprint density at radius 1 is 1.50 bits per heavy atom. The SMILES string of the molecule is C[C@H](OCc1nc2ccccc2[nH]c1=O)C(=O)O. The van der Waals surface area contributed by atoms with E-state index in [1.54, 1.807) is 24.3 Å². The lowest BCUT2D eigenvalue weighted by molar-refractivity contribution is -0.149. The lowest BCUT2D eigenvalue weighted by atomic mass is 10.3. The summed E-state index contributed by atoms with van der Waals surface area (Å²) in [5, 5.41) is 8.67. The Hall–Kier alpha value is -2.21. The number of hydrogen-bond donors (Lipinski definition) is 2. The summed E-state index contributed by atoms with van der Waals surface area (Å²) in [4.78, 5) is 29.1. The van der Waals surface area contributed by atoms with Crippen molar-refractivity contribution in [2.75, 3.05) is 0 Å². The summed E-state index contributed by atoms with van der Waals surface area (Å²) >= 11 is 0. The molecule has 2 aromatic rings. The Labute approximate surface area is 102 Å². The minimum atomic E-state index is -1.08. The van der Waals surface area contributed by atoms with Crippen LogP contribution in [-0.4, -0.2) is 27.1 Å². The van der Waals surface area contributed by atoms with Gasteiger partial charge in [0.2, 0.25) is 0 Å². The number of fused-ring (bicyclic) bond motifs is 1.